The lowest BCUT2D eigenvalue weighted by Crippen LogP contribution is -2.05. The van der Waals surface area contributed by atoms with Crippen LogP contribution in [0.15, 0.2) is 65.1 Å². The van der Waals surface area contributed by atoms with Crippen molar-refractivity contribution >= 4 is 26.7 Å². The zero-order chi connectivity index (χ0) is 14.8. The molecule has 0 fully saturated rings. The van der Waals surface area contributed by atoms with Crippen LogP contribution < -0.4 is 0 Å². The Balaban J connectivity index is 1.99. The topological polar surface area (TPSA) is 20.2 Å². The average Bonchev–Trinajstić information content (AvgIpc) is 2.47. The number of aliphatic hydroxyl groups excluding tert-OH is 1. The van der Waals surface area contributed by atoms with Crippen molar-refractivity contribution in [3.8, 4) is 0 Å². The van der Waals surface area contributed by atoms with Gasteiger partial charge in [0.25, 0.3) is 0 Å². The maximum absolute atomic E-state index is 13.9. The van der Waals surface area contributed by atoms with E-state index >= 15 is 0 Å². The first-order valence-corrected chi connectivity index (χ1v) is 7.55. The summed E-state index contributed by atoms with van der Waals surface area (Å²) in [7, 11) is 0. The molecule has 21 heavy (non-hydrogen) atoms. The van der Waals surface area contributed by atoms with Crippen LogP contribution in [-0.2, 0) is 6.42 Å². The second-order valence-electron chi connectivity index (χ2n) is 4.99. The molecule has 106 valence electrons. The van der Waals surface area contributed by atoms with Crippen LogP contribution in [0, 0.1) is 5.82 Å². The van der Waals surface area contributed by atoms with Crippen LogP contribution in [0.25, 0.3) is 10.8 Å². The molecule has 1 nitrogen and oxygen atoms in total. The van der Waals surface area contributed by atoms with Gasteiger partial charge in [-0.25, -0.2) is 4.39 Å². The fourth-order valence-electron chi connectivity index (χ4n) is 2.61. The van der Waals surface area contributed by atoms with Gasteiger partial charge < -0.3 is 5.11 Å². The van der Waals surface area contributed by atoms with Gasteiger partial charge in [0, 0.05) is 16.5 Å². The van der Waals surface area contributed by atoms with Crippen molar-refractivity contribution in [2.75, 3.05) is 0 Å². The second-order valence-corrected chi connectivity index (χ2v) is 5.85. The van der Waals surface area contributed by atoms with Gasteiger partial charge >= 0.3 is 0 Å². The Morgan fingerprint density at radius 1 is 0.952 bits per heavy atom. The summed E-state index contributed by atoms with van der Waals surface area (Å²) in [5.41, 5.74) is 1.32. The lowest BCUT2D eigenvalue weighted by Gasteiger charge is -2.15. The minimum Gasteiger partial charge on any atom is -0.388 e. The van der Waals surface area contributed by atoms with E-state index in [1.807, 2.05) is 42.5 Å². The van der Waals surface area contributed by atoms with Crippen molar-refractivity contribution in [1.29, 1.82) is 0 Å². The summed E-state index contributed by atoms with van der Waals surface area (Å²) in [6.45, 7) is 0. The molecule has 1 unspecified atom stereocenters. The summed E-state index contributed by atoms with van der Waals surface area (Å²) in [5.74, 6) is -0.392. The van der Waals surface area contributed by atoms with Crippen LogP contribution >= 0.6 is 15.9 Å². The Kier molecular flexibility index (Phi) is 4.04. The van der Waals surface area contributed by atoms with Crippen LogP contribution in [0.1, 0.15) is 17.2 Å². The Bertz CT molecular complexity index is 760. The quantitative estimate of drug-likeness (QED) is 0.707. The number of rotatable bonds is 3. The molecule has 3 heteroatoms. The molecule has 0 aliphatic rings. The summed E-state index contributed by atoms with van der Waals surface area (Å²) < 4.78 is 14.5. The molecule has 0 saturated carbocycles. The lowest BCUT2D eigenvalue weighted by molar-refractivity contribution is 0.173. The van der Waals surface area contributed by atoms with Crippen LogP contribution in [-0.4, -0.2) is 5.11 Å². The maximum atomic E-state index is 13.9. The smallest absolute Gasteiger partial charge is 0.130 e. The van der Waals surface area contributed by atoms with Gasteiger partial charge in [0.1, 0.15) is 5.82 Å². The molecule has 0 radical (unpaired) electrons. The Morgan fingerprint density at radius 3 is 2.48 bits per heavy atom. The van der Waals surface area contributed by atoms with E-state index in [0.717, 1.165) is 16.3 Å². The molecule has 1 atom stereocenters. The third-order valence-electron chi connectivity index (χ3n) is 3.63. The maximum Gasteiger partial charge on any atom is 0.130 e. The molecule has 0 aliphatic carbocycles. The molecule has 3 aromatic rings. The predicted molar refractivity (Wildman–Crippen MR) is 86.7 cm³/mol. The van der Waals surface area contributed by atoms with Gasteiger partial charge in [-0.1, -0.05) is 64.5 Å². The van der Waals surface area contributed by atoms with Crippen molar-refractivity contribution < 1.29 is 9.50 Å². The number of benzene rings is 3. The van der Waals surface area contributed by atoms with Crippen LogP contribution in [0.4, 0.5) is 4.39 Å². The average molecular weight is 345 g/mol. The summed E-state index contributed by atoms with van der Waals surface area (Å²) in [6.07, 6.45) is -0.507. The highest BCUT2D eigenvalue weighted by Gasteiger charge is 2.17. The predicted octanol–water partition coefficient (Wildman–Crippen LogP) is 5.02. The molecule has 0 amide bonds. The van der Waals surface area contributed by atoms with Crippen LogP contribution in [0.3, 0.4) is 0 Å². The van der Waals surface area contributed by atoms with Crippen LogP contribution in [0.2, 0.25) is 0 Å². The van der Waals surface area contributed by atoms with E-state index in [0.29, 0.717) is 16.5 Å². The van der Waals surface area contributed by atoms with E-state index in [1.54, 1.807) is 12.1 Å². The van der Waals surface area contributed by atoms with Gasteiger partial charge in [-0.2, -0.15) is 0 Å². The van der Waals surface area contributed by atoms with Crippen molar-refractivity contribution in [2.45, 2.75) is 12.5 Å². The lowest BCUT2D eigenvalue weighted by atomic mass is 9.96. The number of fused-ring (bicyclic) bond motifs is 1. The standard InChI is InChI=1S/C18H14BrFO/c19-15-9-4-10-16(20)18(15)17(21)11-13-7-3-6-12-5-1-2-8-14(12)13/h1-10,17,21H,11H2. The Morgan fingerprint density at radius 2 is 1.67 bits per heavy atom. The van der Waals surface area contributed by atoms with Crippen molar-refractivity contribution in [1.82, 2.24) is 0 Å². The molecular formula is C18H14BrFO. The number of hydrogen-bond acceptors (Lipinski definition) is 1. The van der Waals surface area contributed by atoms with E-state index in [1.165, 1.54) is 6.07 Å². The third kappa shape index (κ3) is 2.85. The van der Waals surface area contributed by atoms with E-state index in [9.17, 15) is 9.50 Å². The van der Waals surface area contributed by atoms with Crippen LogP contribution in [0.5, 0.6) is 0 Å². The van der Waals surface area contributed by atoms with E-state index < -0.39 is 11.9 Å². The zero-order valence-corrected chi connectivity index (χ0v) is 12.8. The molecule has 0 aliphatic heterocycles. The summed E-state index contributed by atoms with van der Waals surface area (Å²) >= 11 is 3.31. The minimum atomic E-state index is -0.883. The molecular weight excluding hydrogens is 331 g/mol. The molecule has 0 bridgehead atoms. The Labute approximate surface area is 131 Å². The second kappa shape index (κ2) is 5.96. The van der Waals surface area contributed by atoms with Gasteiger partial charge in [0.2, 0.25) is 0 Å². The van der Waals surface area contributed by atoms with Gasteiger partial charge in [-0.3, -0.25) is 0 Å². The summed E-state index contributed by atoms with van der Waals surface area (Å²) in [6, 6.07) is 18.7. The molecule has 3 aromatic carbocycles. The monoisotopic (exact) mass is 344 g/mol. The molecule has 0 heterocycles. The van der Waals surface area contributed by atoms with E-state index in [4.69, 9.17) is 0 Å². The first kappa shape index (κ1) is 14.2. The zero-order valence-electron chi connectivity index (χ0n) is 11.3. The first-order valence-electron chi connectivity index (χ1n) is 6.75. The largest absolute Gasteiger partial charge is 0.388 e. The normalized spacial score (nSPS) is 12.5. The highest BCUT2D eigenvalue weighted by atomic mass is 79.9. The number of halogens is 2. The molecule has 3 rings (SSSR count). The van der Waals surface area contributed by atoms with Crippen molar-refractivity contribution in [3.63, 3.8) is 0 Å². The molecule has 1 N–H and O–H groups in total. The van der Waals surface area contributed by atoms with E-state index in [-0.39, 0.29) is 0 Å². The minimum absolute atomic E-state index is 0.311. The fourth-order valence-corrected chi connectivity index (χ4v) is 3.22. The first-order chi connectivity index (χ1) is 10.2. The Hall–Kier alpha value is -1.71. The summed E-state index contributed by atoms with van der Waals surface area (Å²) in [4.78, 5) is 0. The third-order valence-corrected chi connectivity index (χ3v) is 4.32. The SMILES string of the molecule is OC(Cc1cccc2ccccc12)c1c(F)cccc1Br. The fraction of sp³-hybridized carbons (Fsp3) is 0.111. The van der Waals surface area contributed by atoms with E-state index in [2.05, 4.69) is 15.9 Å². The van der Waals surface area contributed by atoms with Gasteiger partial charge in [0.05, 0.1) is 6.10 Å². The number of aliphatic hydroxyl groups is 1. The van der Waals surface area contributed by atoms with Crippen molar-refractivity contribution in [3.05, 3.63) is 82.1 Å². The van der Waals surface area contributed by atoms with Gasteiger partial charge in [0.15, 0.2) is 0 Å². The van der Waals surface area contributed by atoms with Gasteiger partial charge in [-0.05, 0) is 28.5 Å². The highest BCUT2D eigenvalue weighted by Crippen LogP contribution is 2.30. The van der Waals surface area contributed by atoms with Crippen molar-refractivity contribution in [2.24, 2.45) is 0 Å². The van der Waals surface area contributed by atoms with Gasteiger partial charge in [-0.15, -0.1) is 0 Å². The molecule has 0 aromatic heterocycles. The number of hydrogen-bond donors (Lipinski definition) is 1. The highest BCUT2D eigenvalue weighted by molar-refractivity contribution is 9.10. The summed E-state index contributed by atoms with van der Waals surface area (Å²) in [5, 5.41) is 12.6. The molecule has 0 spiro atoms. The molecule has 0 saturated heterocycles.